The molecule has 0 bridgehead atoms. The molecular weight excluding hydrogens is 396 g/mol. The SMILES string of the molecule is CN(CC(=O)N1CCN([C@H]2CCS(=O)(=O)C2)CC1)Cc1nc2ccccc2s1. The summed E-state index contributed by atoms with van der Waals surface area (Å²) >= 11 is 1.67. The second-order valence-electron chi connectivity index (χ2n) is 7.72. The Bertz CT molecular complexity index is 918. The molecule has 1 amide bonds. The minimum absolute atomic E-state index is 0.127. The van der Waals surface area contributed by atoms with Gasteiger partial charge in [-0.3, -0.25) is 14.6 Å². The standard InChI is InChI=1S/C19H26N4O3S2/c1-21(12-18-20-16-4-2-3-5-17(16)27-18)13-19(24)23-9-7-22(8-10-23)15-6-11-28(25,26)14-15/h2-5,15H,6-14H2,1H3/t15-/m0/s1. The van der Waals surface area contributed by atoms with Crippen LogP contribution >= 0.6 is 11.3 Å². The fourth-order valence-electron chi connectivity index (χ4n) is 4.01. The second-order valence-corrected chi connectivity index (χ2v) is 11.1. The van der Waals surface area contributed by atoms with E-state index < -0.39 is 9.84 Å². The summed E-state index contributed by atoms with van der Waals surface area (Å²) in [5, 5.41) is 1.02. The molecule has 1 aromatic heterocycles. The van der Waals surface area contributed by atoms with Gasteiger partial charge in [0.15, 0.2) is 9.84 Å². The van der Waals surface area contributed by atoms with Crippen LogP contribution in [-0.2, 0) is 21.2 Å². The molecular formula is C19H26N4O3S2. The third-order valence-electron chi connectivity index (χ3n) is 5.54. The first-order valence-corrected chi connectivity index (χ1v) is 12.3. The Morgan fingerprint density at radius 1 is 1.25 bits per heavy atom. The van der Waals surface area contributed by atoms with Gasteiger partial charge in [-0.15, -0.1) is 11.3 Å². The van der Waals surface area contributed by atoms with E-state index in [-0.39, 0.29) is 17.7 Å². The van der Waals surface area contributed by atoms with E-state index in [4.69, 9.17) is 0 Å². The van der Waals surface area contributed by atoms with Gasteiger partial charge in [-0.25, -0.2) is 13.4 Å². The molecule has 2 fully saturated rings. The highest BCUT2D eigenvalue weighted by atomic mass is 32.2. The Hall–Kier alpha value is -1.55. The Balaban J connectivity index is 1.26. The predicted molar refractivity (Wildman–Crippen MR) is 111 cm³/mol. The summed E-state index contributed by atoms with van der Waals surface area (Å²) in [5.74, 6) is 0.696. The van der Waals surface area contributed by atoms with Gasteiger partial charge in [-0.1, -0.05) is 12.1 Å². The number of likely N-dealkylation sites (N-methyl/N-ethyl adjacent to an activating group) is 1. The molecule has 2 aliphatic heterocycles. The van der Waals surface area contributed by atoms with Crippen LogP contribution in [0.5, 0.6) is 0 Å². The molecule has 0 saturated carbocycles. The first-order chi connectivity index (χ1) is 13.4. The lowest BCUT2D eigenvalue weighted by Crippen LogP contribution is -2.53. The van der Waals surface area contributed by atoms with Crippen LogP contribution < -0.4 is 0 Å². The first-order valence-electron chi connectivity index (χ1n) is 9.65. The largest absolute Gasteiger partial charge is 0.339 e. The van der Waals surface area contributed by atoms with E-state index in [9.17, 15) is 13.2 Å². The molecule has 0 spiro atoms. The maximum absolute atomic E-state index is 12.7. The molecule has 9 heteroatoms. The molecule has 28 heavy (non-hydrogen) atoms. The van der Waals surface area contributed by atoms with Crippen LogP contribution in [0.1, 0.15) is 11.4 Å². The number of aromatic nitrogens is 1. The lowest BCUT2D eigenvalue weighted by molar-refractivity contribution is -0.134. The van der Waals surface area contributed by atoms with Crippen molar-refractivity contribution < 1.29 is 13.2 Å². The van der Waals surface area contributed by atoms with Gasteiger partial charge in [0.25, 0.3) is 0 Å². The molecule has 0 radical (unpaired) electrons. The Labute approximate surface area is 169 Å². The van der Waals surface area contributed by atoms with Crippen molar-refractivity contribution in [1.82, 2.24) is 19.7 Å². The van der Waals surface area contributed by atoms with Crippen molar-refractivity contribution in [3.63, 3.8) is 0 Å². The minimum atomic E-state index is -2.86. The average Bonchev–Trinajstić information content (AvgIpc) is 3.23. The lowest BCUT2D eigenvalue weighted by Gasteiger charge is -2.38. The predicted octanol–water partition coefficient (Wildman–Crippen LogP) is 1.06. The van der Waals surface area contributed by atoms with Crippen LogP contribution in [0, 0.1) is 0 Å². The number of rotatable bonds is 5. The molecule has 152 valence electrons. The summed E-state index contributed by atoms with van der Waals surface area (Å²) in [4.78, 5) is 23.4. The molecule has 2 aromatic rings. The summed E-state index contributed by atoms with van der Waals surface area (Å²) in [7, 11) is -0.916. The van der Waals surface area contributed by atoms with Gasteiger partial charge in [-0.2, -0.15) is 0 Å². The number of carbonyl (C=O) groups is 1. The van der Waals surface area contributed by atoms with Gasteiger partial charge >= 0.3 is 0 Å². The highest BCUT2D eigenvalue weighted by Gasteiger charge is 2.34. The van der Waals surface area contributed by atoms with Crippen molar-refractivity contribution in [3.8, 4) is 0 Å². The zero-order valence-electron chi connectivity index (χ0n) is 16.1. The van der Waals surface area contributed by atoms with Gasteiger partial charge in [0.2, 0.25) is 5.91 Å². The number of amides is 1. The lowest BCUT2D eigenvalue weighted by atomic mass is 10.2. The van der Waals surface area contributed by atoms with Crippen molar-refractivity contribution in [3.05, 3.63) is 29.3 Å². The number of hydrogen-bond acceptors (Lipinski definition) is 7. The number of fused-ring (bicyclic) bond motifs is 1. The number of carbonyl (C=O) groups excluding carboxylic acids is 1. The summed E-state index contributed by atoms with van der Waals surface area (Å²) in [6, 6.07) is 8.20. The van der Waals surface area contributed by atoms with Crippen molar-refractivity contribution in [1.29, 1.82) is 0 Å². The van der Waals surface area contributed by atoms with E-state index in [0.717, 1.165) is 30.0 Å². The second kappa shape index (κ2) is 8.06. The highest BCUT2D eigenvalue weighted by Crippen LogP contribution is 2.22. The average molecular weight is 423 g/mol. The molecule has 7 nitrogen and oxygen atoms in total. The normalized spacial score (nSPS) is 22.9. The van der Waals surface area contributed by atoms with Crippen molar-refractivity contribution >= 4 is 37.3 Å². The van der Waals surface area contributed by atoms with Gasteiger partial charge in [0, 0.05) is 32.2 Å². The zero-order valence-corrected chi connectivity index (χ0v) is 17.7. The fourth-order valence-corrected chi connectivity index (χ4v) is 6.81. The smallest absolute Gasteiger partial charge is 0.236 e. The van der Waals surface area contributed by atoms with Gasteiger partial charge in [0.1, 0.15) is 5.01 Å². The molecule has 4 rings (SSSR count). The highest BCUT2D eigenvalue weighted by molar-refractivity contribution is 7.91. The fraction of sp³-hybridized carbons (Fsp3) is 0.579. The summed E-state index contributed by atoms with van der Waals surface area (Å²) in [6.45, 7) is 3.88. The first kappa shape index (κ1) is 19.8. The van der Waals surface area contributed by atoms with Gasteiger partial charge < -0.3 is 4.90 Å². The van der Waals surface area contributed by atoms with E-state index in [1.54, 1.807) is 11.3 Å². The zero-order chi connectivity index (χ0) is 19.7. The van der Waals surface area contributed by atoms with E-state index in [1.807, 2.05) is 35.0 Å². The van der Waals surface area contributed by atoms with Crippen LogP contribution in [0.25, 0.3) is 10.2 Å². The number of nitrogens with zero attached hydrogens (tertiary/aromatic N) is 4. The molecule has 0 N–H and O–H groups in total. The monoisotopic (exact) mass is 422 g/mol. The molecule has 0 aliphatic carbocycles. The third kappa shape index (κ3) is 4.53. The molecule has 1 aromatic carbocycles. The van der Waals surface area contributed by atoms with Crippen molar-refractivity contribution in [2.24, 2.45) is 0 Å². The van der Waals surface area contributed by atoms with Crippen molar-refractivity contribution in [2.45, 2.75) is 19.0 Å². The Morgan fingerprint density at radius 3 is 2.68 bits per heavy atom. The number of thiazole rings is 1. The van der Waals surface area contributed by atoms with Crippen molar-refractivity contribution in [2.75, 3.05) is 51.3 Å². The van der Waals surface area contributed by atoms with Crippen LogP contribution in [0.4, 0.5) is 0 Å². The maximum Gasteiger partial charge on any atom is 0.236 e. The van der Waals surface area contributed by atoms with E-state index in [0.29, 0.717) is 31.9 Å². The third-order valence-corrected chi connectivity index (χ3v) is 8.31. The molecule has 1 atom stereocenters. The Kier molecular flexibility index (Phi) is 5.69. The number of hydrogen-bond donors (Lipinski definition) is 0. The maximum atomic E-state index is 12.7. The Morgan fingerprint density at radius 2 is 2.00 bits per heavy atom. The number of para-hydroxylation sites is 1. The van der Waals surface area contributed by atoms with Crippen LogP contribution in [0.3, 0.4) is 0 Å². The van der Waals surface area contributed by atoms with Gasteiger partial charge in [0.05, 0.1) is 34.8 Å². The minimum Gasteiger partial charge on any atom is -0.339 e. The molecule has 0 unspecified atom stereocenters. The molecule has 2 aliphatic rings. The van der Waals surface area contributed by atoms with Gasteiger partial charge in [-0.05, 0) is 25.6 Å². The van der Waals surface area contributed by atoms with E-state index in [1.165, 1.54) is 4.70 Å². The topological polar surface area (TPSA) is 73.8 Å². The summed E-state index contributed by atoms with van der Waals surface area (Å²) in [6.07, 6.45) is 0.723. The summed E-state index contributed by atoms with van der Waals surface area (Å²) < 4.78 is 24.5. The number of benzene rings is 1. The quantitative estimate of drug-likeness (QED) is 0.717. The van der Waals surface area contributed by atoms with E-state index in [2.05, 4.69) is 16.0 Å². The van der Waals surface area contributed by atoms with Crippen LogP contribution in [0.2, 0.25) is 0 Å². The van der Waals surface area contributed by atoms with Crippen LogP contribution in [0.15, 0.2) is 24.3 Å². The number of sulfone groups is 1. The van der Waals surface area contributed by atoms with Crippen LogP contribution in [-0.4, -0.2) is 91.3 Å². The summed E-state index contributed by atoms with van der Waals surface area (Å²) in [5.41, 5.74) is 1.01. The molecule has 3 heterocycles. The molecule has 2 saturated heterocycles. The number of piperazine rings is 1. The van der Waals surface area contributed by atoms with E-state index >= 15 is 0 Å².